The lowest BCUT2D eigenvalue weighted by atomic mass is 9.93. The van der Waals surface area contributed by atoms with E-state index in [2.05, 4.69) is 0 Å². The number of aromatic hydroxyl groups is 2. The first kappa shape index (κ1) is 12.5. The van der Waals surface area contributed by atoms with Crippen molar-refractivity contribution in [1.82, 2.24) is 0 Å². The maximum atomic E-state index is 12.1. The van der Waals surface area contributed by atoms with Crippen LogP contribution in [0.25, 0.3) is 0 Å². The molecule has 0 saturated carbocycles. The molecule has 0 saturated heterocycles. The van der Waals surface area contributed by atoms with Gasteiger partial charge in [0.2, 0.25) is 5.78 Å². The Morgan fingerprint density at radius 2 is 1.70 bits per heavy atom. The number of phenolic OH excluding ortho intramolecular Hbond substituents is 2. The summed E-state index contributed by atoms with van der Waals surface area (Å²) in [6, 6.07) is 10.5. The second-order valence-corrected chi connectivity index (χ2v) is 4.59. The Balaban J connectivity index is 2.04. The van der Waals surface area contributed by atoms with Crippen LogP contribution in [0.5, 0.6) is 17.2 Å². The van der Waals surface area contributed by atoms with Crippen molar-refractivity contribution in [2.75, 3.05) is 0 Å². The quantitative estimate of drug-likeness (QED) is 0.736. The van der Waals surface area contributed by atoms with Crippen molar-refractivity contribution < 1.29 is 24.9 Å². The molecular formula is C15H12O5. The third-order valence-electron chi connectivity index (χ3n) is 3.28. The number of ketones is 1. The van der Waals surface area contributed by atoms with Crippen molar-refractivity contribution >= 4 is 5.78 Å². The largest absolute Gasteiger partial charge is 0.508 e. The Morgan fingerprint density at radius 3 is 2.40 bits per heavy atom. The Bertz CT molecular complexity index is 662. The Kier molecular flexibility index (Phi) is 2.84. The van der Waals surface area contributed by atoms with Crippen molar-refractivity contribution in [3.63, 3.8) is 0 Å². The lowest BCUT2D eigenvalue weighted by Crippen LogP contribution is -2.36. The summed E-state index contributed by atoms with van der Waals surface area (Å²) < 4.78 is 5.61. The van der Waals surface area contributed by atoms with Gasteiger partial charge in [-0.15, -0.1) is 0 Å². The van der Waals surface area contributed by atoms with Gasteiger partial charge in [0.15, 0.2) is 12.2 Å². The number of Topliss-reactive ketones (excluding diaryl/α,β-unsaturated/α-hetero) is 1. The van der Waals surface area contributed by atoms with E-state index < -0.39 is 18.0 Å². The Labute approximate surface area is 114 Å². The molecule has 1 aliphatic heterocycles. The summed E-state index contributed by atoms with van der Waals surface area (Å²) in [5.74, 6) is -0.472. The molecule has 1 heterocycles. The first-order chi connectivity index (χ1) is 9.58. The highest BCUT2D eigenvalue weighted by atomic mass is 16.5. The smallest absolute Gasteiger partial charge is 0.202 e. The number of carbonyl (C=O) groups is 1. The van der Waals surface area contributed by atoms with E-state index in [0.717, 1.165) is 0 Å². The molecule has 3 N–H and O–H groups in total. The molecular weight excluding hydrogens is 260 g/mol. The molecule has 0 spiro atoms. The minimum atomic E-state index is -1.40. The lowest BCUT2D eigenvalue weighted by molar-refractivity contribution is 0.0211. The summed E-state index contributed by atoms with van der Waals surface area (Å²) in [6.45, 7) is 0. The van der Waals surface area contributed by atoms with E-state index in [1.165, 1.54) is 18.2 Å². The number of hydrogen-bond donors (Lipinski definition) is 3. The summed E-state index contributed by atoms with van der Waals surface area (Å²) >= 11 is 0. The normalized spacial score (nSPS) is 21.1. The van der Waals surface area contributed by atoms with Crippen LogP contribution in [0, 0.1) is 0 Å². The predicted octanol–water partition coefficient (Wildman–Crippen LogP) is 1.78. The number of rotatable bonds is 1. The maximum absolute atomic E-state index is 12.1. The molecule has 5 heteroatoms. The van der Waals surface area contributed by atoms with E-state index in [9.17, 15) is 20.1 Å². The van der Waals surface area contributed by atoms with Gasteiger partial charge in [-0.25, -0.2) is 0 Å². The van der Waals surface area contributed by atoms with Crippen LogP contribution < -0.4 is 4.74 Å². The van der Waals surface area contributed by atoms with Gasteiger partial charge in [0.25, 0.3) is 0 Å². The Morgan fingerprint density at radius 1 is 1.00 bits per heavy atom. The summed E-state index contributed by atoms with van der Waals surface area (Å²) in [4.78, 5) is 12.1. The molecule has 3 rings (SSSR count). The SMILES string of the molecule is O=C1c2c(O)cccc2OC(c2ccc(O)cc2)[C@H]1O. The summed E-state index contributed by atoms with van der Waals surface area (Å²) in [5, 5.41) is 29.0. The lowest BCUT2D eigenvalue weighted by Gasteiger charge is -2.30. The fourth-order valence-electron chi connectivity index (χ4n) is 2.27. The van der Waals surface area contributed by atoms with Crippen LogP contribution in [0.3, 0.4) is 0 Å². The van der Waals surface area contributed by atoms with Crippen molar-refractivity contribution in [3.05, 3.63) is 53.6 Å². The number of hydrogen-bond acceptors (Lipinski definition) is 5. The van der Waals surface area contributed by atoms with Crippen LogP contribution in [0.2, 0.25) is 0 Å². The van der Waals surface area contributed by atoms with Crippen LogP contribution in [0.15, 0.2) is 42.5 Å². The standard InChI is InChI=1S/C15H12O5/c16-9-6-4-8(5-7-9)15-14(19)13(18)12-10(17)2-1-3-11(12)20-15/h1-7,14-17,19H/t14-,15?/m0/s1. The molecule has 0 amide bonds. The number of aliphatic hydroxyl groups is 1. The van der Waals surface area contributed by atoms with Gasteiger partial charge in [-0.3, -0.25) is 4.79 Å². The van der Waals surface area contributed by atoms with E-state index in [0.29, 0.717) is 5.56 Å². The number of carbonyl (C=O) groups excluding carboxylic acids is 1. The molecule has 2 aromatic carbocycles. The predicted molar refractivity (Wildman–Crippen MR) is 69.9 cm³/mol. The number of fused-ring (bicyclic) bond motifs is 1. The van der Waals surface area contributed by atoms with Crippen molar-refractivity contribution in [2.24, 2.45) is 0 Å². The number of phenols is 2. The third kappa shape index (κ3) is 1.88. The van der Waals surface area contributed by atoms with Gasteiger partial charge in [0.1, 0.15) is 22.8 Å². The number of aliphatic hydroxyl groups excluding tert-OH is 1. The van der Waals surface area contributed by atoms with Gasteiger partial charge in [-0.1, -0.05) is 18.2 Å². The van der Waals surface area contributed by atoms with E-state index in [4.69, 9.17) is 4.74 Å². The molecule has 0 bridgehead atoms. The third-order valence-corrected chi connectivity index (χ3v) is 3.28. The minimum absolute atomic E-state index is 0.00460. The first-order valence-electron chi connectivity index (χ1n) is 6.08. The van der Waals surface area contributed by atoms with Gasteiger partial charge < -0.3 is 20.1 Å². The molecule has 0 fully saturated rings. The summed E-state index contributed by atoms with van der Waals surface area (Å²) in [7, 11) is 0. The molecule has 5 nitrogen and oxygen atoms in total. The van der Waals surface area contributed by atoms with Crippen LogP contribution in [-0.2, 0) is 0 Å². The second-order valence-electron chi connectivity index (χ2n) is 4.59. The van der Waals surface area contributed by atoms with Gasteiger partial charge in [-0.2, -0.15) is 0 Å². The van der Waals surface area contributed by atoms with Gasteiger partial charge in [0.05, 0.1) is 0 Å². The highest BCUT2D eigenvalue weighted by molar-refractivity contribution is 6.05. The summed E-state index contributed by atoms with van der Waals surface area (Å²) in [5.41, 5.74) is 0.563. The van der Waals surface area contributed by atoms with Gasteiger partial charge in [-0.05, 0) is 29.8 Å². The molecule has 2 aromatic rings. The van der Waals surface area contributed by atoms with Gasteiger partial charge >= 0.3 is 0 Å². The van der Waals surface area contributed by atoms with E-state index in [-0.39, 0.29) is 22.8 Å². The topological polar surface area (TPSA) is 87.0 Å². The highest BCUT2D eigenvalue weighted by Gasteiger charge is 2.38. The second kappa shape index (κ2) is 4.54. The van der Waals surface area contributed by atoms with E-state index in [1.807, 2.05) is 0 Å². The zero-order chi connectivity index (χ0) is 14.3. The number of ether oxygens (including phenoxy) is 1. The molecule has 20 heavy (non-hydrogen) atoms. The van der Waals surface area contributed by atoms with Crippen LogP contribution >= 0.6 is 0 Å². The average molecular weight is 272 g/mol. The number of benzene rings is 2. The molecule has 0 aromatic heterocycles. The zero-order valence-electron chi connectivity index (χ0n) is 10.4. The minimum Gasteiger partial charge on any atom is -0.508 e. The zero-order valence-corrected chi connectivity index (χ0v) is 10.4. The van der Waals surface area contributed by atoms with Crippen LogP contribution in [0.1, 0.15) is 22.0 Å². The van der Waals surface area contributed by atoms with E-state index >= 15 is 0 Å². The van der Waals surface area contributed by atoms with Crippen LogP contribution in [0.4, 0.5) is 0 Å². The molecule has 2 atom stereocenters. The Hall–Kier alpha value is -2.53. The maximum Gasteiger partial charge on any atom is 0.202 e. The fourth-order valence-corrected chi connectivity index (χ4v) is 2.27. The van der Waals surface area contributed by atoms with Crippen molar-refractivity contribution in [2.45, 2.75) is 12.2 Å². The van der Waals surface area contributed by atoms with Crippen LogP contribution in [-0.4, -0.2) is 27.2 Å². The summed E-state index contributed by atoms with van der Waals surface area (Å²) in [6.07, 6.45) is -2.27. The first-order valence-corrected chi connectivity index (χ1v) is 6.08. The van der Waals surface area contributed by atoms with Crippen molar-refractivity contribution in [3.8, 4) is 17.2 Å². The monoisotopic (exact) mass is 272 g/mol. The van der Waals surface area contributed by atoms with Crippen molar-refractivity contribution in [1.29, 1.82) is 0 Å². The highest BCUT2D eigenvalue weighted by Crippen LogP contribution is 2.39. The molecule has 1 aliphatic rings. The van der Waals surface area contributed by atoms with E-state index in [1.54, 1.807) is 24.3 Å². The average Bonchev–Trinajstić information content (AvgIpc) is 2.44. The van der Waals surface area contributed by atoms with Gasteiger partial charge in [0, 0.05) is 0 Å². The molecule has 0 radical (unpaired) electrons. The molecule has 102 valence electrons. The fraction of sp³-hybridized carbons (Fsp3) is 0.133. The molecule has 0 aliphatic carbocycles. The molecule has 1 unspecified atom stereocenters.